The fourth-order valence-electron chi connectivity index (χ4n) is 1.83. The number of epoxide rings is 1. The third kappa shape index (κ3) is 1.23. The summed E-state index contributed by atoms with van der Waals surface area (Å²) in [5, 5.41) is 0. The van der Waals surface area contributed by atoms with E-state index in [2.05, 4.69) is 6.58 Å². The van der Waals surface area contributed by atoms with Gasteiger partial charge in [-0.25, -0.2) is 0 Å². The van der Waals surface area contributed by atoms with Crippen molar-refractivity contribution in [3.05, 3.63) is 12.7 Å². The Morgan fingerprint density at radius 2 is 2.27 bits per heavy atom. The zero-order valence-electron chi connectivity index (χ0n) is 6.45. The predicted molar refractivity (Wildman–Crippen MR) is 41.2 cm³/mol. The molecule has 0 bridgehead atoms. The second kappa shape index (κ2) is 2.45. The Morgan fingerprint density at radius 3 is 2.91 bits per heavy atom. The Morgan fingerprint density at radius 1 is 1.45 bits per heavy atom. The molecule has 0 aromatic rings. The summed E-state index contributed by atoms with van der Waals surface area (Å²) in [6.45, 7) is 3.48. The van der Waals surface area contributed by atoms with Gasteiger partial charge in [0, 0.05) is 5.92 Å². The number of allylic oxidation sites excluding steroid dienone is 1. The second-order valence-corrected chi connectivity index (χ2v) is 3.33. The number of rotatable bonds is 2. The molecule has 0 spiro atoms. The molecule has 0 radical (unpaired) electrons. The van der Waals surface area contributed by atoms with E-state index in [1.54, 1.807) is 0 Å². The topological polar surface area (TPSA) is 29.6 Å². The average Bonchev–Trinajstić information content (AvgIpc) is 2.80. The van der Waals surface area contributed by atoms with Crippen LogP contribution < -0.4 is 0 Å². The van der Waals surface area contributed by atoms with Crippen LogP contribution in [0.4, 0.5) is 0 Å². The lowest BCUT2D eigenvalue weighted by Gasteiger charge is -2.14. The first-order valence-corrected chi connectivity index (χ1v) is 4.13. The average molecular weight is 152 g/mol. The summed E-state index contributed by atoms with van der Waals surface area (Å²) >= 11 is 0. The van der Waals surface area contributed by atoms with Crippen molar-refractivity contribution in [1.82, 2.24) is 0 Å². The van der Waals surface area contributed by atoms with Gasteiger partial charge >= 0.3 is 0 Å². The molecule has 11 heavy (non-hydrogen) atoms. The number of fused-ring (bicyclic) bond motifs is 1. The van der Waals surface area contributed by atoms with Gasteiger partial charge in [0.1, 0.15) is 0 Å². The lowest BCUT2D eigenvalue weighted by atomic mass is 9.86. The molecule has 0 N–H and O–H groups in total. The van der Waals surface area contributed by atoms with Crippen molar-refractivity contribution >= 4 is 5.78 Å². The maximum atomic E-state index is 11.2. The van der Waals surface area contributed by atoms with Crippen molar-refractivity contribution in [2.45, 2.75) is 31.5 Å². The normalized spacial score (nSPS) is 40.9. The Balaban J connectivity index is 1.94. The van der Waals surface area contributed by atoms with Crippen molar-refractivity contribution in [3.8, 4) is 0 Å². The van der Waals surface area contributed by atoms with E-state index in [1.165, 1.54) is 6.08 Å². The van der Waals surface area contributed by atoms with Crippen LogP contribution in [0.1, 0.15) is 19.3 Å². The third-order valence-electron chi connectivity index (χ3n) is 2.61. The quantitative estimate of drug-likeness (QED) is 0.441. The van der Waals surface area contributed by atoms with Gasteiger partial charge in [0.05, 0.1) is 12.2 Å². The van der Waals surface area contributed by atoms with Crippen molar-refractivity contribution in [2.24, 2.45) is 5.92 Å². The minimum atomic E-state index is 0.193. The molecule has 2 nitrogen and oxygen atoms in total. The van der Waals surface area contributed by atoms with E-state index < -0.39 is 0 Å². The van der Waals surface area contributed by atoms with E-state index in [-0.39, 0.29) is 11.7 Å². The number of hydrogen-bond acceptors (Lipinski definition) is 2. The summed E-state index contributed by atoms with van der Waals surface area (Å²) in [7, 11) is 0. The highest BCUT2D eigenvalue weighted by Crippen LogP contribution is 2.39. The zero-order chi connectivity index (χ0) is 7.84. The molecule has 3 atom stereocenters. The van der Waals surface area contributed by atoms with E-state index in [0.29, 0.717) is 12.2 Å². The maximum absolute atomic E-state index is 11.2. The SMILES string of the molecule is C=CC(=O)C1CCC2OC2C1. The number of hydrogen-bond donors (Lipinski definition) is 0. The monoisotopic (exact) mass is 152 g/mol. The van der Waals surface area contributed by atoms with Crippen LogP contribution in [0.3, 0.4) is 0 Å². The van der Waals surface area contributed by atoms with Gasteiger partial charge in [-0.05, 0) is 25.3 Å². The van der Waals surface area contributed by atoms with Gasteiger partial charge in [-0.2, -0.15) is 0 Å². The number of ether oxygens (including phenoxy) is 1. The van der Waals surface area contributed by atoms with E-state index in [0.717, 1.165) is 19.3 Å². The van der Waals surface area contributed by atoms with Gasteiger partial charge in [0.2, 0.25) is 0 Å². The van der Waals surface area contributed by atoms with Crippen LogP contribution in [0.25, 0.3) is 0 Å². The second-order valence-electron chi connectivity index (χ2n) is 3.33. The Labute approximate surface area is 66.2 Å². The van der Waals surface area contributed by atoms with Crippen LogP contribution in [0.15, 0.2) is 12.7 Å². The molecule has 2 fully saturated rings. The lowest BCUT2D eigenvalue weighted by molar-refractivity contribution is -0.118. The fourth-order valence-corrected chi connectivity index (χ4v) is 1.83. The molecule has 1 saturated carbocycles. The first-order chi connectivity index (χ1) is 5.31. The molecule has 1 aliphatic heterocycles. The van der Waals surface area contributed by atoms with Crippen LogP contribution in [0.5, 0.6) is 0 Å². The molecule has 0 aromatic heterocycles. The summed E-state index contributed by atoms with van der Waals surface area (Å²) in [5.74, 6) is 0.398. The van der Waals surface area contributed by atoms with Gasteiger partial charge < -0.3 is 4.74 Å². The molecule has 1 saturated heterocycles. The standard InChI is InChI=1S/C9H12O2/c1-2-7(10)6-3-4-8-9(5-6)11-8/h2,6,8-9H,1,3-5H2. The van der Waals surface area contributed by atoms with Crippen LogP contribution >= 0.6 is 0 Å². The predicted octanol–water partition coefficient (Wildman–Crippen LogP) is 1.31. The molecule has 2 aliphatic rings. The van der Waals surface area contributed by atoms with Crippen molar-refractivity contribution < 1.29 is 9.53 Å². The van der Waals surface area contributed by atoms with Gasteiger partial charge in [-0.1, -0.05) is 6.58 Å². The molecule has 2 rings (SSSR count). The highest BCUT2D eigenvalue weighted by atomic mass is 16.6. The van der Waals surface area contributed by atoms with Gasteiger partial charge in [0.15, 0.2) is 5.78 Å². The Bertz CT molecular complexity index is 198. The lowest BCUT2D eigenvalue weighted by Crippen LogP contribution is -2.20. The summed E-state index contributed by atoms with van der Waals surface area (Å²) in [4.78, 5) is 11.2. The van der Waals surface area contributed by atoms with E-state index in [1.807, 2.05) is 0 Å². The van der Waals surface area contributed by atoms with E-state index in [4.69, 9.17) is 4.74 Å². The molecule has 1 heterocycles. The van der Waals surface area contributed by atoms with Gasteiger partial charge in [-0.3, -0.25) is 4.79 Å². The fraction of sp³-hybridized carbons (Fsp3) is 0.667. The van der Waals surface area contributed by atoms with Crippen molar-refractivity contribution in [2.75, 3.05) is 0 Å². The minimum Gasteiger partial charge on any atom is -0.370 e. The molecule has 3 unspecified atom stereocenters. The Hall–Kier alpha value is -0.630. The van der Waals surface area contributed by atoms with Crippen molar-refractivity contribution in [1.29, 1.82) is 0 Å². The highest BCUT2D eigenvalue weighted by Gasteiger charge is 2.44. The smallest absolute Gasteiger partial charge is 0.158 e. The summed E-state index contributed by atoms with van der Waals surface area (Å²) in [5.41, 5.74) is 0. The Kier molecular flexibility index (Phi) is 1.57. The van der Waals surface area contributed by atoms with Gasteiger partial charge in [-0.15, -0.1) is 0 Å². The summed E-state index contributed by atoms with van der Waals surface area (Å²) in [6, 6.07) is 0. The van der Waals surface area contributed by atoms with Crippen LogP contribution in [0.2, 0.25) is 0 Å². The first kappa shape index (κ1) is 7.04. The van der Waals surface area contributed by atoms with Crippen LogP contribution in [0, 0.1) is 5.92 Å². The first-order valence-electron chi connectivity index (χ1n) is 4.13. The molecule has 60 valence electrons. The van der Waals surface area contributed by atoms with Gasteiger partial charge in [0.25, 0.3) is 0 Å². The molecule has 0 amide bonds. The number of carbonyl (C=O) groups is 1. The van der Waals surface area contributed by atoms with Crippen molar-refractivity contribution in [3.63, 3.8) is 0 Å². The number of carbonyl (C=O) groups excluding carboxylic acids is 1. The zero-order valence-corrected chi connectivity index (χ0v) is 6.45. The maximum Gasteiger partial charge on any atom is 0.158 e. The van der Waals surface area contributed by atoms with Crippen LogP contribution in [-0.2, 0) is 9.53 Å². The minimum absolute atomic E-state index is 0.193. The summed E-state index contributed by atoms with van der Waals surface area (Å²) < 4.78 is 5.32. The van der Waals surface area contributed by atoms with E-state index in [9.17, 15) is 4.79 Å². The highest BCUT2D eigenvalue weighted by molar-refractivity contribution is 5.91. The molecular formula is C9H12O2. The largest absolute Gasteiger partial charge is 0.370 e. The third-order valence-corrected chi connectivity index (χ3v) is 2.61. The number of ketones is 1. The summed E-state index contributed by atoms with van der Waals surface area (Å²) in [6.07, 6.45) is 5.31. The molecule has 1 aliphatic carbocycles. The molecule has 0 aromatic carbocycles. The van der Waals surface area contributed by atoms with E-state index >= 15 is 0 Å². The molecular weight excluding hydrogens is 140 g/mol. The van der Waals surface area contributed by atoms with Crippen LogP contribution in [-0.4, -0.2) is 18.0 Å². The molecule has 2 heteroatoms.